The number of hydrazone groups is 1. The van der Waals surface area contributed by atoms with Crippen LogP contribution >= 0.6 is 11.8 Å². The van der Waals surface area contributed by atoms with Gasteiger partial charge in [-0.05, 0) is 17.7 Å². The monoisotopic (exact) mass is 251 g/mol. The number of nitrogens with one attached hydrogen (secondary N) is 2. The maximum absolute atomic E-state index is 11.4. The molecular formula is C11H13N3O2S. The first-order valence-corrected chi connectivity index (χ1v) is 6.12. The number of thioether (sulfide) groups is 1. The van der Waals surface area contributed by atoms with E-state index in [1.807, 2.05) is 24.3 Å². The maximum Gasteiger partial charge on any atom is 0.279 e. The summed E-state index contributed by atoms with van der Waals surface area (Å²) in [5.74, 6) is 1.41. The quantitative estimate of drug-likeness (QED) is 0.838. The van der Waals surface area contributed by atoms with Gasteiger partial charge in [0.25, 0.3) is 5.91 Å². The van der Waals surface area contributed by atoms with E-state index in [-0.39, 0.29) is 5.91 Å². The minimum atomic E-state index is -0.123. The Balaban J connectivity index is 1.92. The van der Waals surface area contributed by atoms with Crippen LogP contribution in [0.5, 0.6) is 5.75 Å². The lowest BCUT2D eigenvalue weighted by Gasteiger charge is -2.13. The molecule has 1 amide bonds. The fraction of sp³-hybridized carbons (Fsp3) is 0.273. The average Bonchev–Trinajstić information content (AvgIpc) is 2.38. The summed E-state index contributed by atoms with van der Waals surface area (Å²) < 4.78 is 5.08. The predicted octanol–water partition coefficient (Wildman–Crippen LogP) is 0.919. The molecule has 0 bridgehead atoms. The Morgan fingerprint density at radius 1 is 1.41 bits per heavy atom. The van der Waals surface area contributed by atoms with Gasteiger partial charge in [0.2, 0.25) is 0 Å². The van der Waals surface area contributed by atoms with Gasteiger partial charge < -0.3 is 10.1 Å². The normalized spacial score (nSPS) is 14.6. The third-order valence-corrected chi connectivity index (χ3v) is 3.27. The molecule has 0 spiro atoms. The first-order chi connectivity index (χ1) is 8.29. The molecule has 6 heteroatoms. The van der Waals surface area contributed by atoms with Crippen LogP contribution in [0.2, 0.25) is 0 Å². The van der Waals surface area contributed by atoms with E-state index in [2.05, 4.69) is 15.8 Å². The van der Waals surface area contributed by atoms with Gasteiger partial charge in [-0.15, -0.1) is 0 Å². The highest BCUT2D eigenvalue weighted by Crippen LogP contribution is 2.17. The number of rotatable bonds is 3. The van der Waals surface area contributed by atoms with Crippen LogP contribution in [0.25, 0.3) is 0 Å². The molecule has 0 fully saturated rings. The molecule has 1 aromatic rings. The second-order valence-corrected chi connectivity index (χ2v) is 4.36. The lowest BCUT2D eigenvalue weighted by Crippen LogP contribution is -2.41. The zero-order valence-electron chi connectivity index (χ0n) is 9.40. The molecule has 90 valence electrons. The number of hydrogen-bond donors (Lipinski definition) is 2. The van der Waals surface area contributed by atoms with Gasteiger partial charge in [0.05, 0.1) is 7.11 Å². The summed E-state index contributed by atoms with van der Waals surface area (Å²) in [6.45, 7) is 0.394. The number of hydrogen-bond acceptors (Lipinski definition) is 5. The standard InChI is InChI=1S/C11H13N3O2S/c1-16-9-4-2-8(3-5-9)6-17-11-10(15)12-7-13-14-11/h2-5,13H,6-7H2,1H3,(H,12,15). The molecular weight excluding hydrogens is 238 g/mol. The van der Waals surface area contributed by atoms with E-state index in [9.17, 15) is 4.79 Å². The Bertz CT molecular complexity index is 431. The Morgan fingerprint density at radius 3 is 2.82 bits per heavy atom. The second kappa shape index (κ2) is 5.58. The Kier molecular flexibility index (Phi) is 3.87. The second-order valence-electron chi connectivity index (χ2n) is 3.39. The summed E-state index contributed by atoms with van der Waals surface area (Å²) in [6, 6.07) is 7.74. The third-order valence-electron chi connectivity index (χ3n) is 2.24. The molecule has 0 aliphatic carbocycles. The lowest BCUT2D eigenvalue weighted by molar-refractivity contribution is -0.115. The van der Waals surface area contributed by atoms with E-state index >= 15 is 0 Å². The molecule has 1 aliphatic heterocycles. The number of methoxy groups -OCH3 is 1. The fourth-order valence-electron chi connectivity index (χ4n) is 1.33. The lowest BCUT2D eigenvalue weighted by atomic mass is 10.2. The summed E-state index contributed by atoms with van der Waals surface area (Å²) in [5.41, 5.74) is 3.86. The van der Waals surface area contributed by atoms with E-state index in [0.717, 1.165) is 11.3 Å². The summed E-state index contributed by atoms with van der Waals surface area (Å²) in [7, 11) is 1.64. The van der Waals surface area contributed by atoms with Crippen LogP contribution in [-0.4, -0.2) is 24.7 Å². The fourth-order valence-corrected chi connectivity index (χ4v) is 2.16. The summed E-state index contributed by atoms with van der Waals surface area (Å²) in [6.07, 6.45) is 0. The van der Waals surface area contributed by atoms with Crippen molar-refractivity contribution in [2.45, 2.75) is 5.75 Å². The molecule has 0 aromatic heterocycles. The van der Waals surface area contributed by atoms with Gasteiger partial charge in [-0.1, -0.05) is 23.9 Å². The van der Waals surface area contributed by atoms with Crippen molar-refractivity contribution in [1.82, 2.24) is 10.7 Å². The molecule has 0 radical (unpaired) electrons. The van der Waals surface area contributed by atoms with E-state index < -0.39 is 0 Å². The highest BCUT2D eigenvalue weighted by atomic mass is 32.2. The first-order valence-electron chi connectivity index (χ1n) is 5.14. The average molecular weight is 251 g/mol. The number of carbonyl (C=O) groups is 1. The Morgan fingerprint density at radius 2 is 2.18 bits per heavy atom. The number of amides is 1. The molecule has 5 nitrogen and oxygen atoms in total. The molecule has 0 saturated heterocycles. The van der Waals surface area contributed by atoms with Crippen molar-refractivity contribution in [2.24, 2.45) is 5.10 Å². The molecule has 0 saturated carbocycles. The summed E-state index contributed by atoms with van der Waals surface area (Å²) >= 11 is 1.41. The minimum absolute atomic E-state index is 0.123. The van der Waals surface area contributed by atoms with Crippen LogP contribution in [0.3, 0.4) is 0 Å². The van der Waals surface area contributed by atoms with Gasteiger partial charge >= 0.3 is 0 Å². The zero-order chi connectivity index (χ0) is 12.1. The maximum atomic E-state index is 11.4. The van der Waals surface area contributed by atoms with Crippen LogP contribution < -0.4 is 15.5 Å². The van der Waals surface area contributed by atoms with Crippen LogP contribution in [0, 0.1) is 0 Å². The molecule has 1 aromatic carbocycles. The van der Waals surface area contributed by atoms with Gasteiger partial charge in [0, 0.05) is 5.75 Å². The highest BCUT2D eigenvalue weighted by Gasteiger charge is 2.15. The van der Waals surface area contributed by atoms with E-state index in [1.54, 1.807) is 7.11 Å². The minimum Gasteiger partial charge on any atom is -0.497 e. The first kappa shape index (κ1) is 11.8. The Labute approximate surface area is 104 Å². The van der Waals surface area contributed by atoms with Crippen molar-refractivity contribution < 1.29 is 9.53 Å². The van der Waals surface area contributed by atoms with Crippen molar-refractivity contribution >= 4 is 22.7 Å². The van der Waals surface area contributed by atoms with Gasteiger partial charge in [0.1, 0.15) is 12.4 Å². The molecule has 2 rings (SSSR count). The SMILES string of the molecule is COc1ccc(CSC2=NNCNC2=O)cc1. The van der Waals surface area contributed by atoms with Crippen molar-refractivity contribution in [3.05, 3.63) is 29.8 Å². The summed E-state index contributed by atoms with van der Waals surface area (Å²) in [4.78, 5) is 11.4. The van der Waals surface area contributed by atoms with Crippen molar-refractivity contribution in [2.75, 3.05) is 13.8 Å². The number of benzene rings is 1. The van der Waals surface area contributed by atoms with Crippen LogP contribution in [0.4, 0.5) is 0 Å². The van der Waals surface area contributed by atoms with E-state index in [4.69, 9.17) is 4.74 Å². The highest BCUT2D eigenvalue weighted by molar-refractivity contribution is 8.15. The van der Waals surface area contributed by atoms with Crippen LogP contribution in [0.15, 0.2) is 29.4 Å². The van der Waals surface area contributed by atoms with E-state index in [0.29, 0.717) is 17.5 Å². The molecule has 1 aliphatic rings. The third kappa shape index (κ3) is 3.13. The Hall–Kier alpha value is -1.69. The van der Waals surface area contributed by atoms with Crippen molar-refractivity contribution in [1.29, 1.82) is 0 Å². The van der Waals surface area contributed by atoms with Gasteiger partial charge in [0.15, 0.2) is 5.04 Å². The summed E-state index contributed by atoms with van der Waals surface area (Å²) in [5, 5.41) is 7.08. The molecule has 1 heterocycles. The zero-order valence-corrected chi connectivity index (χ0v) is 10.2. The number of ether oxygens (including phenoxy) is 1. The van der Waals surface area contributed by atoms with Crippen LogP contribution in [0.1, 0.15) is 5.56 Å². The van der Waals surface area contributed by atoms with Gasteiger partial charge in [-0.2, -0.15) is 5.10 Å². The topological polar surface area (TPSA) is 62.7 Å². The predicted molar refractivity (Wildman–Crippen MR) is 67.9 cm³/mol. The van der Waals surface area contributed by atoms with Gasteiger partial charge in [-0.25, -0.2) is 0 Å². The molecule has 0 atom stereocenters. The molecule has 0 unspecified atom stereocenters. The van der Waals surface area contributed by atoms with Crippen molar-refractivity contribution in [3.63, 3.8) is 0 Å². The van der Waals surface area contributed by atoms with Crippen LogP contribution in [-0.2, 0) is 10.5 Å². The number of carbonyl (C=O) groups excluding carboxylic acids is 1. The molecule has 2 N–H and O–H groups in total. The largest absolute Gasteiger partial charge is 0.497 e. The smallest absolute Gasteiger partial charge is 0.279 e. The van der Waals surface area contributed by atoms with E-state index in [1.165, 1.54) is 11.8 Å². The molecule has 17 heavy (non-hydrogen) atoms. The van der Waals surface area contributed by atoms with Gasteiger partial charge in [-0.3, -0.25) is 10.2 Å². The van der Waals surface area contributed by atoms with Crippen molar-refractivity contribution in [3.8, 4) is 5.75 Å². The number of nitrogens with zero attached hydrogens (tertiary/aromatic N) is 1.